The molecule has 1 aromatic carbocycles. The van der Waals surface area contributed by atoms with E-state index in [0.717, 1.165) is 40.6 Å². The Labute approximate surface area is 157 Å². The van der Waals surface area contributed by atoms with Crippen LogP contribution in [0, 0.1) is 11.3 Å². The highest BCUT2D eigenvalue weighted by Gasteiger charge is 2.57. The first kappa shape index (κ1) is 15.9. The van der Waals surface area contributed by atoms with Crippen molar-refractivity contribution < 1.29 is 4.74 Å². The quantitative estimate of drug-likeness (QED) is 0.598. The second kappa shape index (κ2) is 6.13. The number of hydrogen-bond acceptors (Lipinski definition) is 4. The Hall–Kier alpha value is -2.33. The van der Waals surface area contributed by atoms with Gasteiger partial charge in [-0.15, -0.1) is 0 Å². The van der Waals surface area contributed by atoms with Gasteiger partial charge in [0.2, 0.25) is 0 Å². The molecule has 2 fully saturated rings. The number of benzene rings is 1. The van der Waals surface area contributed by atoms with E-state index in [-0.39, 0.29) is 0 Å². The van der Waals surface area contributed by atoms with Crippen LogP contribution in [0.1, 0.15) is 25.7 Å². The second-order valence-electron chi connectivity index (χ2n) is 7.47. The average Bonchev–Trinajstić information content (AvgIpc) is 3.37. The minimum Gasteiger partial charge on any atom is -0.493 e. The minimum atomic E-state index is 0.475. The standard InChI is InChI=1S/C21H20ClN3O/c22-19-5-2-16(12-24-19)25-20-18-4-3-17(10-14(18)6-9-23-20)26-13-15-11-21(15)7-1-8-21/h2-6,9-10,12,15H,1,7-8,11,13H2,(H,23,25). The molecule has 0 amide bonds. The van der Waals surface area contributed by atoms with Gasteiger partial charge >= 0.3 is 0 Å². The number of hydrogen-bond donors (Lipinski definition) is 1. The van der Waals surface area contributed by atoms with E-state index >= 15 is 0 Å². The summed E-state index contributed by atoms with van der Waals surface area (Å²) in [6, 6.07) is 11.9. The van der Waals surface area contributed by atoms with Gasteiger partial charge in [0.25, 0.3) is 0 Å². The Bertz CT molecular complexity index is 953. The number of nitrogens with one attached hydrogen (secondary N) is 1. The molecule has 26 heavy (non-hydrogen) atoms. The summed E-state index contributed by atoms with van der Waals surface area (Å²) < 4.78 is 6.08. The highest BCUT2D eigenvalue weighted by Crippen LogP contribution is 2.65. The molecule has 0 saturated heterocycles. The normalized spacial score (nSPS) is 20.0. The van der Waals surface area contributed by atoms with Crippen molar-refractivity contribution in [1.29, 1.82) is 0 Å². The van der Waals surface area contributed by atoms with Crippen LogP contribution in [0.5, 0.6) is 5.75 Å². The maximum atomic E-state index is 6.08. The molecule has 2 aromatic heterocycles. The van der Waals surface area contributed by atoms with Crippen LogP contribution in [0.15, 0.2) is 48.8 Å². The van der Waals surface area contributed by atoms with Crippen LogP contribution < -0.4 is 10.1 Å². The van der Waals surface area contributed by atoms with Crippen molar-refractivity contribution in [3.63, 3.8) is 0 Å². The largest absolute Gasteiger partial charge is 0.493 e. The number of aromatic nitrogens is 2. The van der Waals surface area contributed by atoms with E-state index in [4.69, 9.17) is 16.3 Å². The molecule has 2 heterocycles. The number of halogens is 1. The zero-order valence-electron chi connectivity index (χ0n) is 14.4. The maximum Gasteiger partial charge on any atom is 0.138 e. The van der Waals surface area contributed by atoms with Crippen molar-refractivity contribution in [3.8, 4) is 5.75 Å². The van der Waals surface area contributed by atoms with Gasteiger partial charge in [0.1, 0.15) is 16.7 Å². The van der Waals surface area contributed by atoms with Gasteiger partial charge in [-0.05, 0) is 72.4 Å². The van der Waals surface area contributed by atoms with Crippen molar-refractivity contribution in [2.45, 2.75) is 25.7 Å². The van der Waals surface area contributed by atoms with E-state index < -0.39 is 0 Å². The van der Waals surface area contributed by atoms with Gasteiger partial charge in [-0.2, -0.15) is 0 Å². The summed E-state index contributed by atoms with van der Waals surface area (Å²) in [4.78, 5) is 8.56. The minimum absolute atomic E-state index is 0.475. The average molecular weight is 366 g/mol. The molecule has 4 nitrogen and oxygen atoms in total. The summed E-state index contributed by atoms with van der Waals surface area (Å²) in [7, 11) is 0. The fourth-order valence-electron chi connectivity index (χ4n) is 4.04. The lowest BCUT2D eigenvalue weighted by atomic mass is 9.80. The predicted octanol–water partition coefficient (Wildman–Crippen LogP) is 5.60. The molecule has 2 aliphatic rings. The molecule has 132 valence electrons. The third-order valence-electron chi connectivity index (χ3n) is 5.89. The Morgan fingerprint density at radius 2 is 2.08 bits per heavy atom. The lowest BCUT2D eigenvalue weighted by Crippen LogP contribution is -2.17. The predicted molar refractivity (Wildman–Crippen MR) is 104 cm³/mol. The number of fused-ring (bicyclic) bond motifs is 1. The maximum absolute atomic E-state index is 6.08. The molecule has 5 heteroatoms. The molecular weight excluding hydrogens is 346 g/mol. The molecule has 1 atom stereocenters. The Morgan fingerprint density at radius 3 is 2.81 bits per heavy atom. The third kappa shape index (κ3) is 2.88. The van der Waals surface area contributed by atoms with E-state index in [1.807, 2.05) is 24.4 Å². The fraction of sp³-hybridized carbons (Fsp3) is 0.333. The van der Waals surface area contributed by atoms with Gasteiger partial charge in [-0.3, -0.25) is 0 Å². The molecule has 1 spiro atoms. The second-order valence-corrected chi connectivity index (χ2v) is 7.85. The van der Waals surface area contributed by atoms with Gasteiger partial charge in [-0.1, -0.05) is 18.0 Å². The number of anilines is 2. The molecule has 0 aliphatic heterocycles. The smallest absolute Gasteiger partial charge is 0.138 e. The van der Waals surface area contributed by atoms with Gasteiger partial charge in [0, 0.05) is 11.6 Å². The molecular formula is C21H20ClN3O. The number of ether oxygens (including phenoxy) is 1. The van der Waals surface area contributed by atoms with Crippen molar-refractivity contribution in [2.24, 2.45) is 11.3 Å². The summed E-state index contributed by atoms with van der Waals surface area (Å²) in [5.41, 5.74) is 1.51. The van der Waals surface area contributed by atoms with Crippen molar-refractivity contribution in [1.82, 2.24) is 9.97 Å². The number of nitrogens with zero attached hydrogens (tertiary/aromatic N) is 2. The Balaban J connectivity index is 1.33. The van der Waals surface area contributed by atoms with E-state index in [2.05, 4.69) is 27.4 Å². The van der Waals surface area contributed by atoms with Crippen LogP contribution in [-0.4, -0.2) is 16.6 Å². The van der Waals surface area contributed by atoms with Gasteiger partial charge in [0.15, 0.2) is 0 Å². The monoisotopic (exact) mass is 365 g/mol. The van der Waals surface area contributed by atoms with Gasteiger partial charge in [0.05, 0.1) is 18.5 Å². The highest BCUT2D eigenvalue weighted by molar-refractivity contribution is 6.29. The summed E-state index contributed by atoms with van der Waals surface area (Å²) in [6.45, 7) is 0.845. The van der Waals surface area contributed by atoms with Crippen molar-refractivity contribution >= 4 is 33.9 Å². The van der Waals surface area contributed by atoms with Crippen LogP contribution in [0.3, 0.4) is 0 Å². The van der Waals surface area contributed by atoms with Crippen LogP contribution in [0.4, 0.5) is 11.5 Å². The first-order valence-corrected chi connectivity index (χ1v) is 9.50. The molecule has 5 rings (SSSR count). The van der Waals surface area contributed by atoms with Crippen molar-refractivity contribution in [2.75, 3.05) is 11.9 Å². The molecule has 1 N–H and O–H groups in total. The third-order valence-corrected chi connectivity index (χ3v) is 6.11. The van der Waals surface area contributed by atoms with Gasteiger partial charge in [-0.25, -0.2) is 9.97 Å². The summed E-state index contributed by atoms with van der Waals surface area (Å²) in [5, 5.41) is 5.94. The van der Waals surface area contributed by atoms with Crippen LogP contribution in [-0.2, 0) is 0 Å². The van der Waals surface area contributed by atoms with Crippen LogP contribution in [0.2, 0.25) is 5.15 Å². The lowest BCUT2D eigenvalue weighted by molar-refractivity contribution is 0.208. The SMILES string of the molecule is Clc1ccc(Nc2nccc3cc(OCC4CC45CCC5)ccc23)cn1. The van der Waals surface area contributed by atoms with E-state index in [1.54, 1.807) is 12.3 Å². The molecule has 0 radical (unpaired) electrons. The summed E-state index contributed by atoms with van der Waals surface area (Å²) in [5.74, 6) is 2.50. The number of rotatable bonds is 5. The van der Waals surface area contributed by atoms with Gasteiger partial charge < -0.3 is 10.1 Å². The Kier molecular flexibility index (Phi) is 3.75. The summed E-state index contributed by atoms with van der Waals surface area (Å²) in [6.07, 6.45) is 9.07. The zero-order chi connectivity index (χ0) is 17.6. The fourth-order valence-corrected chi connectivity index (χ4v) is 4.15. The molecule has 2 aliphatic carbocycles. The van der Waals surface area contributed by atoms with Crippen LogP contribution in [0.25, 0.3) is 10.8 Å². The van der Waals surface area contributed by atoms with E-state index in [0.29, 0.717) is 10.6 Å². The molecule has 2 saturated carbocycles. The molecule has 1 unspecified atom stereocenters. The zero-order valence-corrected chi connectivity index (χ0v) is 15.2. The summed E-state index contributed by atoms with van der Waals surface area (Å²) >= 11 is 5.85. The Morgan fingerprint density at radius 1 is 1.15 bits per heavy atom. The topological polar surface area (TPSA) is 47.0 Å². The van der Waals surface area contributed by atoms with Crippen molar-refractivity contribution in [3.05, 3.63) is 53.9 Å². The van der Waals surface area contributed by atoms with Crippen LogP contribution >= 0.6 is 11.6 Å². The highest BCUT2D eigenvalue weighted by atomic mass is 35.5. The first-order valence-electron chi connectivity index (χ1n) is 9.12. The molecule has 0 bridgehead atoms. The number of pyridine rings is 2. The molecule has 3 aromatic rings. The lowest BCUT2D eigenvalue weighted by Gasteiger charge is -2.26. The first-order chi connectivity index (χ1) is 12.7. The van der Waals surface area contributed by atoms with E-state index in [9.17, 15) is 0 Å². The van der Waals surface area contributed by atoms with E-state index in [1.165, 1.54) is 25.7 Å².